The molecule has 1 rings (SSSR count). The molecule has 0 aliphatic rings. The van der Waals surface area contributed by atoms with E-state index in [0.717, 1.165) is 11.9 Å². The minimum absolute atomic E-state index is 0.169. The van der Waals surface area contributed by atoms with Gasteiger partial charge in [0.15, 0.2) is 11.6 Å². The molecule has 1 heterocycles. The molecule has 0 saturated heterocycles. The normalized spacial score (nSPS) is 9.93. The number of nitrogen functional groups attached to an aromatic ring is 1. The van der Waals surface area contributed by atoms with E-state index in [1.165, 1.54) is 0 Å². The fraction of sp³-hybridized carbons (Fsp3) is 0.429. The Morgan fingerprint density at radius 3 is 3.07 bits per heavy atom. The molecule has 0 saturated carbocycles. The second kappa shape index (κ2) is 5.61. The Morgan fingerprint density at radius 2 is 2.43 bits per heavy atom. The minimum Gasteiger partial charge on any atom is -0.367 e. The summed E-state index contributed by atoms with van der Waals surface area (Å²) in [4.78, 5) is 7.44. The van der Waals surface area contributed by atoms with Gasteiger partial charge in [-0.1, -0.05) is 0 Å². The molecule has 0 aliphatic heterocycles. The average molecular weight is 217 g/mol. The van der Waals surface area contributed by atoms with E-state index in [9.17, 15) is 4.39 Å². The van der Waals surface area contributed by atoms with Crippen molar-refractivity contribution in [1.29, 1.82) is 0 Å². The molecule has 5 nitrogen and oxygen atoms in total. The van der Waals surface area contributed by atoms with Crippen LogP contribution in [0.15, 0.2) is 6.20 Å². The molecule has 0 spiro atoms. The molecular formula is C7H12FN5S. The van der Waals surface area contributed by atoms with Gasteiger partial charge in [-0.3, -0.25) is 5.43 Å². The predicted octanol–water partition coefficient (Wildman–Crippen LogP) is 0.676. The zero-order valence-corrected chi connectivity index (χ0v) is 8.57. The maximum Gasteiger partial charge on any atom is 0.239 e. The van der Waals surface area contributed by atoms with Crippen LogP contribution in [0.2, 0.25) is 0 Å². The molecule has 0 amide bonds. The van der Waals surface area contributed by atoms with Gasteiger partial charge in [0.1, 0.15) is 0 Å². The minimum atomic E-state index is -0.481. The Morgan fingerprint density at radius 1 is 1.64 bits per heavy atom. The van der Waals surface area contributed by atoms with E-state index < -0.39 is 5.82 Å². The number of hydrogen-bond donors (Lipinski definition) is 3. The van der Waals surface area contributed by atoms with Crippen LogP contribution in [0, 0.1) is 5.82 Å². The number of rotatable bonds is 5. The van der Waals surface area contributed by atoms with E-state index in [4.69, 9.17) is 5.84 Å². The lowest BCUT2D eigenvalue weighted by Gasteiger charge is -2.06. The molecule has 0 atom stereocenters. The van der Waals surface area contributed by atoms with Crippen molar-refractivity contribution >= 4 is 23.5 Å². The van der Waals surface area contributed by atoms with E-state index in [2.05, 4.69) is 20.7 Å². The summed E-state index contributed by atoms with van der Waals surface area (Å²) in [6.45, 7) is 0.652. The number of nitrogens with one attached hydrogen (secondary N) is 2. The first-order valence-corrected chi connectivity index (χ1v) is 5.39. The Balaban J connectivity index is 2.64. The number of halogens is 1. The van der Waals surface area contributed by atoms with Crippen molar-refractivity contribution < 1.29 is 4.39 Å². The number of hydrazine groups is 1. The first-order valence-electron chi connectivity index (χ1n) is 4.00. The molecular weight excluding hydrogens is 205 g/mol. The van der Waals surface area contributed by atoms with Crippen LogP contribution in [0.3, 0.4) is 0 Å². The standard InChI is InChI=1S/C7H12FN5S/c1-14-3-2-10-6-5(8)4-11-7(12-6)13-9/h4H,2-3,9H2,1H3,(H2,10,11,12,13). The van der Waals surface area contributed by atoms with Crippen molar-refractivity contribution in [3.8, 4) is 0 Å². The highest BCUT2D eigenvalue weighted by Crippen LogP contribution is 2.10. The summed E-state index contributed by atoms with van der Waals surface area (Å²) in [7, 11) is 0. The van der Waals surface area contributed by atoms with Crippen molar-refractivity contribution in [1.82, 2.24) is 9.97 Å². The highest BCUT2D eigenvalue weighted by atomic mass is 32.2. The van der Waals surface area contributed by atoms with Crippen LogP contribution in [0.5, 0.6) is 0 Å². The van der Waals surface area contributed by atoms with Gasteiger partial charge in [0.25, 0.3) is 0 Å². The summed E-state index contributed by atoms with van der Waals surface area (Å²) < 4.78 is 13.1. The molecule has 1 aromatic rings. The van der Waals surface area contributed by atoms with Crippen LogP contribution < -0.4 is 16.6 Å². The van der Waals surface area contributed by atoms with Crippen LogP contribution >= 0.6 is 11.8 Å². The average Bonchev–Trinajstić information content (AvgIpc) is 2.21. The van der Waals surface area contributed by atoms with Gasteiger partial charge in [-0.05, 0) is 6.26 Å². The second-order valence-electron chi connectivity index (χ2n) is 2.45. The third-order valence-corrected chi connectivity index (χ3v) is 2.08. The van der Waals surface area contributed by atoms with Gasteiger partial charge in [-0.2, -0.15) is 16.7 Å². The number of thioether (sulfide) groups is 1. The van der Waals surface area contributed by atoms with Crippen molar-refractivity contribution in [2.24, 2.45) is 5.84 Å². The van der Waals surface area contributed by atoms with Crippen molar-refractivity contribution in [3.05, 3.63) is 12.0 Å². The van der Waals surface area contributed by atoms with Crippen LogP contribution in [-0.4, -0.2) is 28.5 Å². The summed E-state index contributed by atoms with van der Waals surface area (Å²) in [5.41, 5.74) is 2.25. The molecule has 78 valence electrons. The van der Waals surface area contributed by atoms with Gasteiger partial charge < -0.3 is 5.32 Å². The number of aromatic nitrogens is 2. The Hall–Kier alpha value is -1.08. The lowest BCUT2D eigenvalue weighted by Crippen LogP contribution is -2.14. The topological polar surface area (TPSA) is 75.9 Å². The lowest BCUT2D eigenvalue weighted by molar-refractivity contribution is 0.618. The Labute approximate surface area is 85.7 Å². The SMILES string of the molecule is CSCCNc1nc(NN)ncc1F. The van der Waals surface area contributed by atoms with Crippen molar-refractivity contribution in [3.63, 3.8) is 0 Å². The summed E-state index contributed by atoms with van der Waals surface area (Å²) in [6.07, 6.45) is 3.05. The van der Waals surface area contributed by atoms with E-state index >= 15 is 0 Å². The summed E-state index contributed by atoms with van der Waals surface area (Å²) in [6, 6.07) is 0. The second-order valence-corrected chi connectivity index (χ2v) is 3.44. The molecule has 0 unspecified atom stereocenters. The molecule has 4 N–H and O–H groups in total. The van der Waals surface area contributed by atoms with Crippen LogP contribution in [0.1, 0.15) is 0 Å². The molecule has 0 radical (unpaired) electrons. The van der Waals surface area contributed by atoms with Gasteiger partial charge in [0.05, 0.1) is 6.20 Å². The largest absolute Gasteiger partial charge is 0.367 e. The summed E-state index contributed by atoms with van der Waals surface area (Å²) >= 11 is 1.67. The zero-order chi connectivity index (χ0) is 10.4. The molecule has 0 fully saturated rings. The quantitative estimate of drug-likeness (QED) is 0.382. The van der Waals surface area contributed by atoms with E-state index in [1.807, 2.05) is 6.26 Å². The van der Waals surface area contributed by atoms with E-state index in [-0.39, 0.29) is 11.8 Å². The first-order chi connectivity index (χ1) is 6.77. The van der Waals surface area contributed by atoms with E-state index in [0.29, 0.717) is 6.54 Å². The van der Waals surface area contributed by atoms with E-state index in [1.54, 1.807) is 11.8 Å². The van der Waals surface area contributed by atoms with Gasteiger partial charge in [-0.15, -0.1) is 0 Å². The predicted molar refractivity (Wildman–Crippen MR) is 56.7 cm³/mol. The van der Waals surface area contributed by atoms with Gasteiger partial charge >= 0.3 is 0 Å². The zero-order valence-electron chi connectivity index (χ0n) is 7.75. The fourth-order valence-electron chi connectivity index (χ4n) is 0.832. The Bertz CT molecular complexity index is 295. The number of nitrogens with two attached hydrogens (primary N) is 1. The summed E-state index contributed by atoms with van der Waals surface area (Å²) in [5, 5.41) is 2.85. The van der Waals surface area contributed by atoms with Crippen LogP contribution in [0.25, 0.3) is 0 Å². The fourth-order valence-corrected chi connectivity index (χ4v) is 1.14. The number of nitrogens with zero attached hydrogens (tertiary/aromatic N) is 2. The van der Waals surface area contributed by atoms with Gasteiger partial charge in [0.2, 0.25) is 5.95 Å². The molecule has 7 heteroatoms. The molecule has 0 aromatic carbocycles. The Kier molecular flexibility index (Phi) is 4.41. The summed E-state index contributed by atoms with van der Waals surface area (Å²) in [5.74, 6) is 5.86. The molecule has 0 aliphatic carbocycles. The third kappa shape index (κ3) is 3.00. The highest BCUT2D eigenvalue weighted by molar-refractivity contribution is 7.98. The highest BCUT2D eigenvalue weighted by Gasteiger charge is 2.04. The maximum atomic E-state index is 13.1. The van der Waals surface area contributed by atoms with Crippen molar-refractivity contribution in [2.45, 2.75) is 0 Å². The van der Waals surface area contributed by atoms with Crippen LogP contribution in [0.4, 0.5) is 16.2 Å². The molecule has 14 heavy (non-hydrogen) atoms. The number of hydrogen-bond acceptors (Lipinski definition) is 6. The maximum absolute atomic E-state index is 13.1. The first kappa shape index (κ1) is 11.0. The molecule has 0 bridgehead atoms. The van der Waals surface area contributed by atoms with Gasteiger partial charge in [0, 0.05) is 12.3 Å². The lowest BCUT2D eigenvalue weighted by atomic mass is 10.5. The number of anilines is 2. The molecule has 1 aromatic heterocycles. The third-order valence-electron chi connectivity index (χ3n) is 1.47. The van der Waals surface area contributed by atoms with Crippen molar-refractivity contribution in [2.75, 3.05) is 29.3 Å². The van der Waals surface area contributed by atoms with Gasteiger partial charge in [-0.25, -0.2) is 15.2 Å². The van der Waals surface area contributed by atoms with Crippen LogP contribution in [-0.2, 0) is 0 Å². The smallest absolute Gasteiger partial charge is 0.239 e. The monoisotopic (exact) mass is 217 g/mol.